The number of hydrogen-bond acceptors (Lipinski definition) is 2. The van der Waals surface area contributed by atoms with Crippen molar-refractivity contribution >= 4 is 34.8 Å². The first-order chi connectivity index (χ1) is 7.54. The van der Waals surface area contributed by atoms with E-state index in [0.29, 0.717) is 11.7 Å². The quantitative estimate of drug-likeness (QED) is 0.766. The minimum atomic E-state index is -1.35. The molecule has 2 nitrogen and oxygen atoms in total. The van der Waals surface area contributed by atoms with Crippen LogP contribution in [0.15, 0.2) is 40.9 Å². The van der Waals surface area contributed by atoms with Gasteiger partial charge in [-0.3, -0.25) is 0 Å². The van der Waals surface area contributed by atoms with Crippen LogP contribution in [0.5, 0.6) is 0 Å². The fourth-order valence-electron chi connectivity index (χ4n) is 1.30. The summed E-state index contributed by atoms with van der Waals surface area (Å²) in [6.07, 6.45) is 1.78. The number of nitrogens with zero attached hydrogens (tertiary/aromatic N) is 1. The zero-order chi connectivity index (χ0) is 11.6. The largest absolute Gasteiger partial charge is 0.441 e. The van der Waals surface area contributed by atoms with E-state index in [1.54, 1.807) is 6.20 Å². The van der Waals surface area contributed by atoms with E-state index < -0.39 is 3.79 Å². The molecule has 0 saturated heterocycles. The van der Waals surface area contributed by atoms with Crippen LogP contribution in [0, 0.1) is 0 Å². The predicted molar refractivity (Wildman–Crippen MR) is 65.9 cm³/mol. The van der Waals surface area contributed by atoms with Crippen molar-refractivity contribution in [1.29, 1.82) is 0 Å². The van der Waals surface area contributed by atoms with Gasteiger partial charge in [0.1, 0.15) is 5.76 Å². The lowest BCUT2D eigenvalue weighted by molar-refractivity contribution is 0.519. The topological polar surface area (TPSA) is 26.0 Å². The minimum absolute atomic E-state index is 0.206. The zero-order valence-corrected chi connectivity index (χ0v) is 10.4. The molecule has 0 unspecified atom stereocenters. The second-order valence-corrected chi connectivity index (χ2v) is 5.81. The molecular weight excluding hydrogens is 268 g/mol. The lowest BCUT2D eigenvalue weighted by Crippen LogP contribution is -2.05. The highest BCUT2D eigenvalue weighted by molar-refractivity contribution is 6.67. The molecule has 0 bridgehead atoms. The molecule has 16 heavy (non-hydrogen) atoms. The monoisotopic (exact) mass is 275 g/mol. The van der Waals surface area contributed by atoms with Gasteiger partial charge in [0.25, 0.3) is 0 Å². The Morgan fingerprint density at radius 2 is 1.81 bits per heavy atom. The highest BCUT2D eigenvalue weighted by Gasteiger charge is 2.22. The SMILES string of the molecule is ClC(Cl)(Cl)Cc1cnc(-c2ccccc2)o1. The standard InChI is InChI=1S/C11H8Cl3NO/c12-11(13,14)6-9-7-15-10(16-9)8-4-2-1-3-5-8/h1-5,7H,6H2. The van der Waals surface area contributed by atoms with E-state index in [-0.39, 0.29) is 6.42 Å². The molecule has 0 aliphatic heterocycles. The number of oxazole rings is 1. The molecule has 1 aromatic carbocycles. The molecule has 1 heterocycles. The molecule has 0 saturated carbocycles. The zero-order valence-electron chi connectivity index (χ0n) is 8.16. The molecule has 0 aliphatic carbocycles. The second kappa shape index (κ2) is 4.66. The summed E-state index contributed by atoms with van der Waals surface area (Å²) in [6, 6.07) is 9.56. The maximum atomic E-state index is 5.67. The third kappa shape index (κ3) is 3.14. The number of benzene rings is 1. The fourth-order valence-corrected chi connectivity index (χ4v) is 1.70. The summed E-state index contributed by atoms with van der Waals surface area (Å²) in [5, 5.41) is 0. The van der Waals surface area contributed by atoms with E-state index >= 15 is 0 Å². The van der Waals surface area contributed by atoms with E-state index in [0.717, 1.165) is 5.56 Å². The van der Waals surface area contributed by atoms with E-state index in [4.69, 9.17) is 39.2 Å². The molecule has 5 heteroatoms. The Labute approximate surface area is 108 Å². The van der Waals surface area contributed by atoms with Crippen LogP contribution in [-0.4, -0.2) is 8.78 Å². The molecule has 0 fully saturated rings. The van der Waals surface area contributed by atoms with Crippen LogP contribution >= 0.6 is 34.8 Å². The first-order valence-corrected chi connectivity index (χ1v) is 5.75. The van der Waals surface area contributed by atoms with E-state index in [1.165, 1.54) is 0 Å². The average molecular weight is 277 g/mol. The van der Waals surface area contributed by atoms with E-state index in [1.807, 2.05) is 30.3 Å². The highest BCUT2D eigenvalue weighted by atomic mass is 35.6. The van der Waals surface area contributed by atoms with Gasteiger partial charge in [-0.15, -0.1) is 0 Å². The van der Waals surface area contributed by atoms with Gasteiger partial charge in [0.15, 0.2) is 3.79 Å². The van der Waals surface area contributed by atoms with Crippen LogP contribution in [0.3, 0.4) is 0 Å². The number of halogens is 3. The Bertz CT molecular complexity index is 462. The first kappa shape index (κ1) is 11.8. The van der Waals surface area contributed by atoms with Crippen LogP contribution in [-0.2, 0) is 6.42 Å². The number of aromatic nitrogens is 1. The predicted octanol–water partition coefficient (Wildman–Crippen LogP) is 4.25. The third-order valence-corrected chi connectivity index (χ3v) is 2.35. The summed E-state index contributed by atoms with van der Waals surface area (Å²) >= 11 is 17.0. The third-order valence-electron chi connectivity index (χ3n) is 1.95. The van der Waals surface area contributed by atoms with Crippen LogP contribution in [0.1, 0.15) is 5.76 Å². The maximum Gasteiger partial charge on any atom is 0.226 e. The van der Waals surface area contributed by atoms with Gasteiger partial charge >= 0.3 is 0 Å². The van der Waals surface area contributed by atoms with Crippen LogP contribution in [0.2, 0.25) is 0 Å². The summed E-state index contributed by atoms with van der Waals surface area (Å²) in [6.45, 7) is 0. The molecule has 0 atom stereocenters. The molecular formula is C11H8Cl3NO. The summed E-state index contributed by atoms with van der Waals surface area (Å²) in [5.74, 6) is 1.09. The Hall–Kier alpha value is -0.700. The average Bonchev–Trinajstić information content (AvgIpc) is 2.65. The van der Waals surface area contributed by atoms with Crippen molar-refractivity contribution in [1.82, 2.24) is 4.98 Å². The van der Waals surface area contributed by atoms with Gasteiger partial charge < -0.3 is 4.42 Å². The molecule has 0 spiro atoms. The van der Waals surface area contributed by atoms with Gasteiger partial charge in [0.05, 0.1) is 12.6 Å². The number of hydrogen-bond donors (Lipinski definition) is 0. The van der Waals surface area contributed by atoms with Crippen molar-refractivity contribution in [3.05, 3.63) is 42.3 Å². The Morgan fingerprint density at radius 3 is 2.44 bits per heavy atom. The smallest absolute Gasteiger partial charge is 0.226 e. The van der Waals surface area contributed by atoms with Gasteiger partial charge in [0.2, 0.25) is 5.89 Å². The van der Waals surface area contributed by atoms with Crippen molar-refractivity contribution in [3.63, 3.8) is 0 Å². The fraction of sp³-hybridized carbons (Fsp3) is 0.182. The first-order valence-electron chi connectivity index (χ1n) is 4.61. The molecule has 0 N–H and O–H groups in total. The summed E-state index contributed by atoms with van der Waals surface area (Å²) in [5.41, 5.74) is 0.901. The molecule has 2 rings (SSSR count). The van der Waals surface area contributed by atoms with Gasteiger partial charge in [-0.1, -0.05) is 53.0 Å². The lowest BCUT2D eigenvalue weighted by atomic mass is 10.2. The molecule has 84 valence electrons. The molecule has 2 aromatic rings. The van der Waals surface area contributed by atoms with Crippen molar-refractivity contribution in [2.24, 2.45) is 0 Å². The highest BCUT2D eigenvalue weighted by Crippen LogP contribution is 2.31. The van der Waals surface area contributed by atoms with Crippen molar-refractivity contribution < 1.29 is 4.42 Å². The van der Waals surface area contributed by atoms with Crippen molar-refractivity contribution in [3.8, 4) is 11.5 Å². The summed E-state index contributed by atoms with van der Waals surface area (Å²) in [7, 11) is 0. The number of rotatable bonds is 2. The van der Waals surface area contributed by atoms with Crippen molar-refractivity contribution in [2.75, 3.05) is 0 Å². The summed E-state index contributed by atoms with van der Waals surface area (Å²) < 4.78 is 4.13. The maximum absolute atomic E-state index is 5.67. The van der Waals surface area contributed by atoms with Gasteiger partial charge in [-0.2, -0.15) is 0 Å². The van der Waals surface area contributed by atoms with Crippen LogP contribution in [0.4, 0.5) is 0 Å². The second-order valence-electron chi connectivity index (χ2n) is 3.29. The normalized spacial score (nSPS) is 11.7. The van der Waals surface area contributed by atoms with Crippen LogP contribution in [0.25, 0.3) is 11.5 Å². The summed E-state index contributed by atoms with van der Waals surface area (Å²) in [4.78, 5) is 4.13. The van der Waals surface area contributed by atoms with Crippen LogP contribution < -0.4 is 0 Å². The minimum Gasteiger partial charge on any atom is -0.441 e. The molecule has 0 radical (unpaired) electrons. The molecule has 1 aromatic heterocycles. The van der Waals surface area contributed by atoms with E-state index in [2.05, 4.69) is 4.98 Å². The van der Waals surface area contributed by atoms with Gasteiger partial charge in [0, 0.05) is 5.56 Å². The Morgan fingerprint density at radius 1 is 1.12 bits per heavy atom. The Kier molecular flexibility index (Phi) is 3.43. The van der Waals surface area contributed by atoms with Gasteiger partial charge in [-0.25, -0.2) is 4.98 Å². The molecule has 0 aliphatic rings. The Balaban J connectivity index is 2.21. The number of alkyl halides is 3. The van der Waals surface area contributed by atoms with Crippen molar-refractivity contribution in [2.45, 2.75) is 10.2 Å². The lowest BCUT2D eigenvalue weighted by Gasteiger charge is -2.06. The van der Waals surface area contributed by atoms with Gasteiger partial charge in [-0.05, 0) is 12.1 Å². The van der Waals surface area contributed by atoms with E-state index in [9.17, 15) is 0 Å². The molecule has 0 amide bonds.